The van der Waals surface area contributed by atoms with Crippen LogP contribution < -0.4 is 0 Å². The van der Waals surface area contributed by atoms with Crippen molar-refractivity contribution in [3.63, 3.8) is 0 Å². The van der Waals surface area contributed by atoms with E-state index >= 15 is 0 Å². The summed E-state index contributed by atoms with van der Waals surface area (Å²) >= 11 is 3.70. The van der Waals surface area contributed by atoms with E-state index < -0.39 is 0 Å². The Hall–Kier alpha value is -2.12. The van der Waals surface area contributed by atoms with E-state index in [4.69, 9.17) is 4.74 Å². The molecule has 1 aromatic carbocycles. The van der Waals surface area contributed by atoms with Crippen LogP contribution in [0.25, 0.3) is 16.5 Å². The Balaban J connectivity index is 0.00000158. The summed E-state index contributed by atoms with van der Waals surface area (Å²) in [5.74, 6) is 0.290. The van der Waals surface area contributed by atoms with E-state index in [1.165, 1.54) is 5.57 Å². The molecule has 2 unspecified atom stereocenters. The molecular weight excluding hydrogens is 494 g/mol. The number of hydrogen-bond acceptors (Lipinski definition) is 4. The van der Waals surface area contributed by atoms with Gasteiger partial charge in [0.15, 0.2) is 0 Å². The van der Waals surface area contributed by atoms with Gasteiger partial charge in [-0.1, -0.05) is 45.9 Å². The standard InChI is InChI=1S/C25H32BrN3O3.C2H6/c1-6-28(7-2)24(30)16-11-18-17-9-8-10-20-22(17)19(12-21(18)27(5)13-16)23(26)29(20)25(31)32-14-15(3)4;1-2/h8-11,15-16,21H,6-7,12-14H2,1-5H3;1-2H3. The number of likely N-dealkylation sites (N-methyl/N-ethyl adjacent to an activating group) is 1. The molecule has 0 fully saturated rings. The third kappa shape index (κ3) is 4.69. The summed E-state index contributed by atoms with van der Waals surface area (Å²) in [6.45, 7) is 14.6. The number of aromatic nitrogens is 1. The average Bonchev–Trinajstić information content (AvgIpc) is 3.12. The van der Waals surface area contributed by atoms with Crippen LogP contribution in [-0.4, -0.2) is 65.7 Å². The zero-order valence-electron chi connectivity index (χ0n) is 21.5. The topological polar surface area (TPSA) is 54.8 Å². The highest BCUT2D eigenvalue weighted by atomic mass is 79.9. The number of nitrogens with zero attached hydrogens (tertiary/aromatic N) is 3. The number of carbonyl (C=O) groups is 2. The van der Waals surface area contributed by atoms with E-state index in [0.717, 1.165) is 46.1 Å². The molecule has 2 atom stereocenters. The molecule has 1 aliphatic carbocycles. The summed E-state index contributed by atoms with van der Waals surface area (Å²) in [5.41, 5.74) is 4.26. The Labute approximate surface area is 212 Å². The molecule has 7 heteroatoms. The van der Waals surface area contributed by atoms with Gasteiger partial charge in [0.1, 0.15) is 0 Å². The fourth-order valence-electron chi connectivity index (χ4n) is 5.00. The smallest absolute Gasteiger partial charge is 0.419 e. The van der Waals surface area contributed by atoms with Gasteiger partial charge in [0.05, 0.1) is 22.6 Å². The molecule has 0 saturated heterocycles. The minimum absolute atomic E-state index is 0.163. The maximum Gasteiger partial charge on any atom is 0.419 e. The molecule has 1 aliphatic heterocycles. The molecule has 0 spiro atoms. The number of fused-ring (bicyclic) bond motifs is 2. The largest absolute Gasteiger partial charge is 0.449 e. The molecule has 186 valence electrons. The molecule has 6 nitrogen and oxygen atoms in total. The number of rotatable bonds is 5. The molecular formula is C27H38BrN3O3. The third-order valence-electron chi connectivity index (χ3n) is 6.61. The quantitative estimate of drug-likeness (QED) is 0.488. The predicted octanol–water partition coefficient (Wildman–Crippen LogP) is 5.81. The monoisotopic (exact) mass is 531 g/mol. The van der Waals surface area contributed by atoms with E-state index in [2.05, 4.69) is 40.0 Å². The number of benzene rings is 1. The Kier molecular flexibility index (Phi) is 8.63. The van der Waals surface area contributed by atoms with Crippen molar-refractivity contribution in [2.75, 3.05) is 33.3 Å². The van der Waals surface area contributed by atoms with Crippen LogP contribution in [-0.2, 0) is 16.0 Å². The zero-order valence-corrected chi connectivity index (χ0v) is 23.1. The van der Waals surface area contributed by atoms with Gasteiger partial charge in [0.2, 0.25) is 5.91 Å². The molecule has 4 rings (SSSR count). The van der Waals surface area contributed by atoms with Crippen LogP contribution >= 0.6 is 15.9 Å². The predicted molar refractivity (Wildman–Crippen MR) is 142 cm³/mol. The Morgan fingerprint density at radius 2 is 1.88 bits per heavy atom. The lowest BCUT2D eigenvalue weighted by atomic mass is 9.79. The van der Waals surface area contributed by atoms with Gasteiger partial charge in [-0.25, -0.2) is 9.36 Å². The van der Waals surface area contributed by atoms with E-state index in [0.29, 0.717) is 13.2 Å². The summed E-state index contributed by atoms with van der Waals surface area (Å²) in [6, 6.07) is 6.24. The Bertz CT molecular complexity index is 1080. The first-order valence-corrected chi connectivity index (χ1v) is 13.3. The van der Waals surface area contributed by atoms with Gasteiger partial charge in [-0.3, -0.25) is 9.69 Å². The number of carbonyl (C=O) groups excluding carboxylic acids is 2. The van der Waals surface area contributed by atoms with Crippen LogP contribution in [0.5, 0.6) is 0 Å². The number of amides is 1. The summed E-state index contributed by atoms with van der Waals surface area (Å²) in [6.07, 6.45) is 2.60. The van der Waals surface area contributed by atoms with E-state index in [1.54, 1.807) is 4.57 Å². The van der Waals surface area contributed by atoms with Crippen LogP contribution in [0.4, 0.5) is 4.79 Å². The lowest BCUT2D eigenvalue weighted by Gasteiger charge is -2.40. The molecule has 34 heavy (non-hydrogen) atoms. The van der Waals surface area contributed by atoms with Crippen LogP contribution in [0.2, 0.25) is 0 Å². The van der Waals surface area contributed by atoms with Gasteiger partial charge in [0, 0.05) is 31.1 Å². The number of halogens is 1. The first-order valence-electron chi connectivity index (χ1n) is 12.5. The fraction of sp³-hybridized carbons (Fsp3) is 0.556. The second kappa shape index (κ2) is 11.1. The normalized spacial score (nSPS) is 19.3. The molecule has 0 N–H and O–H groups in total. The molecule has 2 aromatic rings. The highest BCUT2D eigenvalue weighted by Gasteiger charge is 2.38. The highest BCUT2D eigenvalue weighted by Crippen LogP contribution is 2.45. The van der Waals surface area contributed by atoms with Crippen molar-refractivity contribution in [1.29, 1.82) is 0 Å². The van der Waals surface area contributed by atoms with Crippen molar-refractivity contribution in [2.24, 2.45) is 11.8 Å². The summed E-state index contributed by atoms with van der Waals surface area (Å²) in [4.78, 5) is 30.3. The van der Waals surface area contributed by atoms with E-state index in [9.17, 15) is 9.59 Å². The molecule has 0 saturated carbocycles. The minimum atomic E-state index is -0.360. The van der Waals surface area contributed by atoms with Gasteiger partial charge < -0.3 is 9.64 Å². The lowest BCUT2D eigenvalue weighted by Crippen LogP contribution is -2.47. The summed E-state index contributed by atoms with van der Waals surface area (Å²) < 4.78 is 7.97. The van der Waals surface area contributed by atoms with Crippen molar-refractivity contribution < 1.29 is 14.3 Å². The van der Waals surface area contributed by atoms with Crippen molar-refractivity contribution in [3.05, 3.63) is 40.0 Å². The highest BCUT2D eigenvalue weighted by molar-refractivity contribution is 9.10. The van der Waals surface area contributed by atoms with Crippen LogP contribution in [0.3, 0.4) is 0 Å². The maximum absolute atomic E-state index is 13.1. The van der Waals surface area contributed by atoms with Crippen LogP contribution in [0, 0.1) is 11.8 Å². The van der Waals surface area contributed by atoms with Gasteiger partial charge >= 0.3 is 6.09 Å². The molecule has 0 radical (unpaired) electrons. The second-order valence-corrected chi connectivity index (χ2v) is 9.92. The maximum atomic E-state index is 13.1. The summed E-state index contributed by atoms with van der Waals surface area (Å²) in [7, 11) is 2.09. The van der Waals surface area contributed by atoms with E-state index in [-0.39, 0.29) is 29.9 Å². The first-order chi connectivity index (χ1) is 16.3. The van der Waals surface area contributed by atoms with Crippen LogP contribution in [0.15, 0.2) is 28.9 Å². The van der Waals surface area contributed by atoms with Gasteiger partial charge in [-0.05, 0) is 71.9 Å². The molecule has 0 bridgehead atoms. The summed E-state index contributed by atoms with van der Waals surface area (Å²) in [5, 5.41) is 1.08. The Morgan fingerprint density at radius 1 is 1.21 bits per heavy atom. The van der Waals surface area contributed by atoms with Crippen LogP contribution in [0.1, 0.15) is 52.7 Å². The number of ether oxygens (including phenoxy) is 1. The zero-order chi connectivity index (χ0) is 25.2. The molecule has 2 heterocycles. The van der Waals surface area contributed by atoms with Gasteiger partial charge in [-0.2, -0.15) is 0 Å². The lowest BCUT2D eigenvalue weighted by molar-refractivity contribution is -0.134. The third-order valence-corrected chi connectivity index (χ3v) is 7.44. The molecule has 1 aromatic heterocycles. The van der Waals surface area contributed by atoms with Gasteiger partial charge in [0.25, 0.3) is 0 Å². The van der Waals surface area contributed by atoms with Crippen molar-refractivity contribution >= 4 is 44.4 Å². The van der Waals surface area contributed by atoms with E-state index in [1.807, 2.05) is 58.6 Å². The molecule has 2 aliphatic rings. The number of hydrogen-bond donors (Lipinski definition) is 0. The Morgan fingerprint density at radius 3 is 2.50 bits per heavy atom. The van der Waals surface area contributed by atoms with Gasteiger partial charge in [-0.15, -0.1) is 0 Å². The SMILES string of the molecule is CC.CCN(CC)C(=O)C1C=C2c3cccc4c3c(c(Br)n4C(=O)OCC(C)C)CC2N(C)C1. The molecule has 1 amide bonds. The fourth-order valence-corrected chi connectivity index (χ4v) is 5.69. The minimum Gasteiger partial charge on any atom is -0.449 e. The van der Waals surface area contributed by atoms with Crippen molar-refractivity contribution in [1.82, 2.24) is 14.4 Å². The van der Waals surface area contributed by atoms with Crippen molar-refractivity contribution in [3.8, 4) is 0 Å². The second-order valence-electron chi connectivity index (χ2n) is 9.17. The van der Waals surface area contributed by atoms with Crippen molar-refractivity contribution in [2.45, 2.75) is 54.0 Å². The first kappa shape index (κ1) is 26.5. The average molecular weight is 533 g/mol.